The third-order valence-electron chi connectivity index (χ3n) is 6.07. The molecule has 0 bridgehead atoms. The zero-order chi connectivity index (χ0) is 22.9. The van der Waals surface area contributed by atoms with Crippen molar-refractivity contribution in [3.8, 4) is 0 Å². The van der Waals surface area contributed by atoms with E-state index in [0.29, 0.717) is 0 Å². The number of ether oxygens (including phenoxy) is 2. The highest BCUT2D eigenvalue weighted by Gasteiger charge is 2.24. The van der Waals surface area contributed by atoms with Gasteiger partial charge in [0.2, 0.25) is 0 Å². The second kappa shape index (κ2) is 14.0. The molecule has 1 heterocycles. The highest BCUT2D eigenvalue weighted by molar-refractivity contribution is 8.93. The van der Waals surface area contributed by atoms with Crippen molar-refractivity contribution < 1.29 is 9.47 Å². The first-order chi connectivity index (χ1) is 16.2. The van der Waals surface area contributed by atoms with E-state index in [1.165, 1.54) is 33.5 Å². The van der Waals surface area contributed by atoms with Crippen molar-refractivity contribution in [2.24, 2.45) is 0 Å². The standard InChI is InChI=1S/C30H35O2P.BrH/c1-3-4-13-26(32-30-18-11-12-21-31-30)23-25-22-24(2)19-20-29(25)33(27-14-7-5-8-15-27)28-16-9-6-10-17-28;/h3-10,14-17,19-20,22,26,30H,11-13,18,21,23H2,1-2H3;1H. The molecule has 2 atom stereocenters. The lowest BCUT2D eigenvalue weighted by atomic mass is 10.0. The van der Waals surface area contributed by atoms with E-state index in [1.807, 2.05) is 0 Å². The van der Waals surface area contributed by atoms with Crippen LogP contribution in [0.25, 0.3) is 0 Å². The molecule has 2 unspecified atom stereocenters. The van der Waals surface area contributed by atoms with Crippen LogP contribution in [0.2, 0.25) is 0 Å². The second-order valence-corrected chi connectivity index (χ2v) is 10.9. The lowest BCUT2D eigenvalue weighted by Gasteiger charge is -2.29. The van der Waals surface area contributed by atoms with Crippen molar-refractivity contribution in [1.29, 1.82) is 0 Å². The minimum absolute atomic E-state index is 0. The Labute approximate surface area is 216 Å². The first kappa shape index (κ1) is 26.8. The number of benzene rings is 3. The van der Waals surface area contributed by atoms with Gasteiger partial charge in [0.15, 0.2) is 6.29 Å². The van der Waals surface area contributed by atoms with Crippen molar-refractivity contribution in [2.45, 2.75) is 58.3 Å². The van der Waals surface area contributed by atoms with Crippen molar-refractivity contribution in [2.75, 3.05) is 6.61 Å². The first-order valence-electron chi connectivity index (χ1n) is 12.1. The summed E-state index contributed by atoms with van der Waals surface area (Å²) in [5.41, 5.74) is 2.68. The molecular formula is C30H36BrO2P. The van der Waals surface area contributed by atoms with Crippen LogP contribution in [0, 0.1) is 6.92 Å². The second-order valence-electron chi connectivity index (χ2n) is 8.70. The predicted molar refractivity (Wildman–Crippen MR) is 152 cm³/mol. The fraction of sp³-hybridized carbons (Fsp3) is 0.333. The van der Waals surface area contributed by atoms with Crippen LogP contribution in [0.3, 0.4) is 0 Å². The van der Waals surface area contributed by atoms with E-state index < -0.39 is 7.92 Å². The molecule has 0 aliphatic carbocycles. The van der Waals surface area contributed by atoms with Crippen LogP contribution in [0.4, 0.5) is 0 Å². The molecule has 2 nitrogen and oxygen atoms in total. The third kappa shape index (κ3) is 7.36. The van der Waals surface area contributed by atoms with Gasteiger partial charge < -0.3 is 9.47 Å². The van der Waals surface area contributed by atoms with Gasteiger partial charge in [0.1, 0.15) is 0 Å². The molecule has 3 aromatic carbocycles. The van der Waals surface area contributed by atoms with Gasteiger partial charge in [-0.25, -0.2) is 0 Å². The van der Waals surface area contributed by atoms with Crippen molar-refractivity contribution in [1.82, 2.24) is 0 Å². The number of halogens is 1. The molecule has 0 spiro atoms. The smallest absolute Gasteiger partial charge is 0.157 e. The lowest BCUT2D eigenvalue weighted by molar-refractivity contribution is -0.186. The summed E-state index contributed by atoms with van der Waals surface area (Å²) in [6.45, 7) is 5.08. The van der Waals surface area contributed by atoms with E-state index in [1.54, 1.807) is 0 Å². The minimum Gasteiger partial charge on any atom is -0.353 e. The summed E-state index contributed by atoms with van der Waals surface area (Å²) >= 11 is 0. The number of hydrogen-bond donors (Lipinski definition) is 0. The summed E-state index contributed by atoms with van der Waals surface area (Å²) in [6, 6.07) is 28.9. The van der Waals surface area contributed by atoms with Crippen LogP contribution in [-0.2, 0) is 15.9 Å². The largest absolute Gasteiger partial charge is 0.353 e. The first-order valence-corrected chi connectivity index (χ1v) is 13.5. The van der Waals surface area contributed by atoms with Gasteiger partial charge in [-0.05, 0) is 75.4 Å². The molecule has 180 valence electrons. The Hall–Kier alpha value is -1.77. The fourth-order valence-electron chi connectivity index (χ4n) is 4.43. The summed E-state index contributed by atoms with van der Waals surface area (Å²) in [5, 5.41) is 4.18. The third-order valence-corrected chi connectivity index (χ3v) is 8.62. The molecule has 1 aliphatic heterocycles. The van der Waals surface area contributed by atoms with E-state index in [0.717, 1.165) is 32.3 Å². The zero-order valence-corrected chi connectivity index (χ0v) is 22.8. The fourth-order valence-corrected chi connectivity index (χ4v) is 6.89. The van der Waals surface area contributed by atoms with Gasteiger partial charge in [-0.15, -0.1) is 17.0 Å². The molecule has 0 amide bonds. The van der Waals surface area contributed by atoms with Gasteiger partial charge in [-0.2, -0.15) is 0 Å². The van der Waals surface area contributed by atoms with Gasteiger partial charge in [-0.1, -0.05) is 96.6 Å². The van der Waals surface area contributed by atoms with E-state index in [4.69, 9.17) is 9.47 Å². The molecule has 1 aliphatic rings. The number of hydrogen-bond acceptors (Lipinski definition) is 2. The molecule has 0 saturated carbocycles. The number of allylic oxidation sites excluding steroid dienone is 1. The minimum atomic E-state index is -0.647. The van der Waals surface area contributed by atoms with E-state index in [-0.39, 0.29) is 29.4 Å². The maximum Gasteiger partial charge on any atom is 0.157 e. The molecule has 4 heteroatoms. The Morgan fingerprint density at radius 3 is 2.24 bits per heavy atom. The highest BCUT2D eigenvalue weighted by Crippen LogP contribution is 2.35. The average Bonchev–Trinajstić information content (AvgIpc) is 2.86. The summed E-state index contributed by atoms with van der Waals surface area (Å²) in [6.07, 6.45) is 9.48. The molecule has 4 rings (SSSR count). The molecule has 3 aromatic rings. The monoisotopic (exact) mass is 538 g/mol. The summed E-state index contributed by atoms with van der Waals surface area (Å²) in [4.78, 5) is 0. The van der Waals surface area contributed by atoms with Crippen molar-refractivity contribution >= 4 is 40.8 Å². The van der Waals surface area contributed by atoms with Gasteiger partial charge in [0.25, 0.3) is 0 Å². The zero-order valence-electron chi connectivity index (χ0n) is 20.2. The maximum atomic E-state index is 6.52. The SMILES string of the molecule is Br.CC=CCC(Cc1cc(C)ccc1P(c1ccccc1)c1ccccc1)OC1CCCCO1. The number of rotatable bonds is 9. The van der Waals surface area contributed by atoms with Crippen LogP contribution in [0.5, 0.6) is 0 Å². The van der Waals surface area contributed by atoms with E-state index >= 15 is 0 Å². The van der Waals surface area contributed by atoms with Crippen LogP contribution < -0.4 is 15.9 Å². The van der Waals surface area contributed by atoms with Crippen LogP contribution in [0.15, 0.2) is 91.0 Å². The van der Waals surface area contributed by atoms with Gasteiger partial charge in [-0.3, -0.25) is 0 Å². The summed E-state index contributed by atoms with van der Waals surface area (Å²) in [7, 11) is -0.647. The molecule has 0 radical (unpaired) electrons. The Morgan fingerprint density at radius 2 is 1.65 bits per heavy atom. The Kier molecular flexibility index (Phi) is 11.0. The predicted octanol–water partition coefficient (Wildman–Crippen LogP) is 6.75. The van der Waals surface area contributed by atoms with Crippen LogP contribution in [-0.4, -0.2) is 19.0 Å². The van der Waals surface area contributed by atoms with Crippen LogP contribution in [0.1, 0.15) is 43.7 Å². The highest BCUT2D eigenvalue weighted by atomic mass is 79.9. The number of aryl methyl sites for hydroxylation is 1. The topological polar surface area (TPSA) is 18.5 Å². The molecule has 0 N–H and O–H groups in total. The Balaban J connectivity index is 0.00000324. The van der Waals surface area contributed by atoms with Crippen LogP contribution >= 0.6 is 24.9 Å². The molecule has 1 fully saturated rings. The quantitative estimate of drug-likeness (QED) is 0.221. The van der Waals surface area contributed by atoms with Crippen molar-refractivity contribution in [3.63, 3.8) is 0 Å². The molecule has 1 saturated heterocycles. The average molecular weight is 539 g/mol. The Morgan fingerprint density at radius 1 is 0.971 bits per heavy atom. The Bertz CT molecular complexity index is 977. The van der Waals surface area contributed by atoms with E-state index in [9.17, 15) is 0 Å². The molecular weight excluding hydrogens is 503 g/mol. The normalized spacial score (nSPS) is 17.0. The van der Waals surface area contributed by atoms with Crippen molar-refractivity contribution in [3.05, 3.63) is 102 Å². The lowest BCUT2D eigenvalue weighted by Crippen LogP contribution is -2.31. The molecule has 0 aromatic heterocycles. The summed E-state index contributed by atoms with van der Waals surface area (Å²) < 4.78 is 12.4. The van der Waals surface area contributed by atoms with Gasteiger partial charge >= 0.3 is 0 Å². The van der Waals surface area contributed by atoms with Gasteiger partial charge in [0.05, 0.1) is 6.10 Å². The van der Waals surface area contributed by atoms with Gasteiger partial charge in [0, 0.05) is 6.61 Å². The maximum absolute atomic E-state index is 6.52. The van der Waals surface area contributed by atoms with E-state index in [2.05, 4.69) is 105 Å². The summed E-state index contributed by atoms with van der Waals surface area (Å²) in [5.74, 6) is 0. The molecule has 34 heavy (non-hydrogen) atoms.